The number of amides is 1. The van der Waals surface area contributed by atoms with Crippen LogP contribution in [0.25, 0.3) is 0 Å². The van der Waals surface area contributed by atoms with E-state index in [1.54, 1.807) is 12.3 Å². The Hall–Kier alpha value is -3.10. The van der Waals surface area contributed by atoms with E-state index in [2.05, 4.69) is 14.9 Å². The second-order valence-corrected chi connectivity index (χ2v) is 9.73. The number of piperazine rings is 1. The molecule has 9 heteroatoms. The molecule has 1 saturated carbocycles. The van der Waals surface area contributed by atoms with Crippen molar-refractivity contribution in [1.29, 1.82) is 0 Å². The molecule has 1 aromatic heterocycles. The number of nitrogens with zero attached hydrogens (tertiary/aromatic N) is 4. The van der Waals surface area contributed by atoms with Crippen LogP contribution in [0.15, 0.2) is 47.6 Å². The van der Waals surface area contributed by atoms with E-state index in [0.717, 1.165) is 31.0 Å². The van der Waals surface area contributed by atoms with Gasteiger partial charge >= 0.3 is 6.18 Å². The van der Waals surface area contributed by atoms with E-state index in [0.29, 0.717) is 36.7 Å². The number of aliphatic imine (C=N–C) groups is 1. The van der Waals surface area contributed by atoms with Gasteiger partial charge in [0.05, 0.1) is 11.3 Å². The lowest BCUT2D eigenvalue weighted by Gasteiger charge is -2.36. The molecule has 1 aliphatic heterocycles. The van der Waals surface area contributed by atoms with E-state index in [1.165, 1.54) is 57.1 Å². The SMILES string of the molecule is NC(=Nc1ccc(C(F)(F)F)cc1)c1ccc(N2CCN(C(=O)CC3CCCCCCC3)CC2)nc1. The molecule has 2 fully saturated rings. The van der Waals surface area contributed by atoms with Crippen molar-refractivity contribution in [2.75, 3.05) is 31.1 Å². The van der Waals surface area contributed by atoms with Gasteiger partial charge in [-0.1, -0.05) is 32.1 Å². The molecule has 2 aromatic rings. The fourth-order valence-corrected chi connectivity index (χ4v) is 4.96. The number of alkyl halides is 3. The van der Waals surface area contributed by atoms with Gasteiger partial charge in [-0.2, -0.15) is 13.2 Å². The molecule has 1 saturated heterocycles. The summed E-state index contributed by atoms with van der Waals surface area (Å²) in [6.45, 7) is 2.81. The molecule has 0 radical (unpaired) electrons. The molecule has 2 aliphatic rings. The lowest BCUT2D eigenvalue weighted by Crippen LogP contribution is -2.49. The van der Waals surface area contributed by atoms with Gasteiger partial charge in [0.1, 0.15) is 11.7 Å². The van der Waals surface area contributed by atoms with E-state index in [1.807, 2.05) is 11.0 Å². The normalized spacial score (nSPS) is 18.6. The Morgan fingerprint density at radius 2 is 1.58 bits per heavy atom. The number of benzene rings is 1. The van der Waals surface area contributed by atoms with Gasteiger partial charge in [0.15, 0.2) is 0 Å². The predicted molar refractivity (Wildman–Crippen MR) is 135 cm³/mol. The van der Waals surface area contributed by atoms with E-state index < -0.39 is 11.7 Å². The summed E-state index contributed by atoms with van der Waals surface area (Å²) in [6.07, 6.45) is 6.65. The fourth-order valence-electron chi connectivity index (χ4n) is 4.96. The molecule has 0 unspecified atom stereocenters. The molecule has 194 valence electrons. The standard InChI is InChI=1S/C27H34F3N5O/c28-27(29,30)22-9-11-23(12-10-22)33-26(31)21-8-13-24(32-19-21)34-14-16-35(17-15-34)25(36)18-20-6-4-2-1-3-5-7-20/h8-13,19-20H,1-7,14-18H2,(H2,31,33). The van der Waals surface area contributed by atoms with Crippen LogP contribution in [-0.4, -0.2) is 47.8 Å². The van der Waals surface area contributed by atoms with Crippen molar-refractivity contribution in [3.8, 4) is 0 Å². The van der Waals surface area contributed by atoms with Crippen molar-refractivity contribution in [3.63, 3.8) is 0 Å². The highest BCUT2D eigenvalue weighted by atomic mass is 19.4. The maximum absolute atomic E-state index is 12.9. The van der Waals surface area contributed by atoms with Gasteiger partial charge in [0, 0.05) is 44.4 Å². The summed E-state index contributed by atoms with van der Waals surface area (Å²) in [6, 6.07) is 8.20. The van der Waals surface area contributed by atoms with E-state index >= 15 is 0 Å². The number of pyridine rings is 1. The molecule has 0 bridgehead atoms. The summed E-state index contributed by atoms with van der Waals surface area (Å²) in [7, 11) is 0. The molecular formula is C27H34F3N5O. The first kappa shape index (κ1) is 26.0. The molecule has 0 atom stereocenters. The Morgan fingerprint density at radius 1 is 0.944 bits per heavy atom. The third-order valence-corrected chi connectivity index (χ3v) is 7.13. The Kier molecular flexibility index (Phi) is 8.48. The molecule has 2 heterocycles. The molecule has 1 amide bonds. The van der Waals surface area contributed by atoms with E-state index in [-0.39, 0.29) is 11.7 Å². The largest absolute Gasteiger partial charge is 0.416 e. The zero-order valence-corrected chi connectivity index (χ0v) is 20.5. The molecule has 1 aromatic carbocycles. The highest BCUT2D eigenvalue weighted by Crippen LogP contribution is 2.30. The Morgan fingerprint density at radius 3 is 2.17 bits per heavy atom. The average Bonchev–Trinajstić information content (AvgIpc) is 2.85. The minimum Gasteiger partial charge on any atom is -0.383 e. The van der Waals surface area contributed by atoms with Crippen LogP contribution in [0, 0.1) is 5.92 Å². The molecule has 36 heavy (non-hydrogen) atoms. The topological polar surface area (TPSA) is 74.8 Å². The predicted octanol–water partition coefficient (Wildman–Crippen LogP) is 5.54. The van der Waals surface area contributed by atoms with Crippen molar-refractivity contribution in [1.82, 2.24) is 9.88 Å². The van der Waals surface area contributed by atoms with Gasteiger partial charge < -0.3 is 15.5 Å². The van der Waals surface area contributed by atoms with Crippen molar-refractivity contribution >= 4 is 23.2 Å². The van der Waals surface area contributed by atoms with Crippen LogP contribution in [0.4, 0.5) is 24.7 Å². The summed E-state index contributed by atoms with van der Waals surface area (Å²) in [5, 5.41) is 0. The highest BCUT2D eigenvalue weighted by Gasteiger charge is 2.30. The fraction of sp³-hybridized carbons (Fsp3) is 0.519. The molecular weight excluding hydrogens is 467 g/mol. The number of carbonyl (C=O) groups excluding carboxylic acids is 1. The van der Waals surface area contributed by atoms with Crippen molar-refractivity contribution in [2.45, 2.75) is 57.5 Å². The summed E-state index contributed by atoms with van der Waals surface area (Å²) in [4.78, 5) is 25.7. The van der Waals surface area contributed by atoms with E-state index in [9.17, 15) is 18.0 Å². The van der Waals surface area contributed by atoms with Crippen molar-refractivity contribution < 1.29 is 18.0 Å². The lowest BCUT2D eigenvalue weighted by atomic mass is 9.88. The van der Waals surface area contributed by atoms with Crippen LogP contribution < -0.4 is 10.6 Å². The summed E-state index contributed by atoms with van der Waals surface area (Å²) in [5.41, 5.74) is 6.25. The molecule has 1 aliphatic carbocycles. The quantitative estimate of drug-likeness (QED) is 0.431. The number of hydrogen-bond acceptors (Lipinski definition) is 4. The number of aromatic nitrogens is 1. The number of hydrogen-bond donors (Lipinski definition) is 1. The van der Waals surface area contributed by atoms with Crippen LogP contribution in [0.3, 0.4) is 0 Å². The van der Waals surface area contributed by atoms with Crippen molar-refractivity contribution in [2.24, 2.45) is 16.6 Å². The van der Waals surface area contributed by atoms with E-state index in [4.69, 9.17) is 5.73 Å². The van der Waals surface area contributed by atoms with Gasteiger partial charge in [-0.3, -0.25) is 4.79 Å². The van der Waals surface area contributed by atoms with Crippen LogP contribution in [0.5, 0.6) is 0 Å². The second kappa shape index (κ2) is 11.8. The third-order valence-electron chi connectivity index (χ3n) is 7.13. The first-order chi connectivity index (χ1) is 17.3. The second-order valence-electron chi connectivity index (χ2n) is 9.73. The minimum absolute atomic E-state index is 0.179. The number of carbonyl (C=O) groups is 1. The minimum atomic E-state index is -4.39. The maximum Gasteiger partial charge on any atom is 0.416 e. The molecule has 2 N–H and O–H groups in total. The zero-order chi connectivity index (χ0) is 25.5. The first-order valence-corrected chi connectivity index (χ1v) is 12.8. The Balaban J connectivity index is 1.29. The average molecular weight is 502 g/mol. The van der Waals surface area contributed by atoms with Gasteiger partial charge in [-0.15, -0.1) is 0 Å². The number of amidine groups is 1. The number of rotatable bonds is 5. The smallest absolute Gasteiger partial charge is 0.383 e. The number of nitrogens with two attached hydrogens (primary N) is 1. The van der Waals surface area contributed by atoms with Gasteiger partial charge in [0.2, 0.25) is 5.91 Å². The van der Waals surface area contributed by atoms with Gasteiger partial charge in [0.25, 0.3) is 0 Å². The maximum atomic E-state index is 12.9. The first-order valence-electron chi connectivity index (χ1n) is 12.8. The summed E-state index contributed by atoms with van der Waals surface area (Å²) >= 11 is 0. The zero-order valence-electron chi connectivity index (χ0n) is 20.5. The Labute approximate surface area is 210 Å². The van der Waals surface area contributed by atoms with Crippen LogP contribution >= 0.6 is 0 Å². The van der Waals surface area contributed by atoms with Crippen LogP contribution in [0.2, 0.25) is 0 Å². The highest BCUT2D eigenvalue weighted by molar-refractivity contribution is 5.98. The summed E-state index contributed by atoms with van der Waals surface area (Å²) < 4.78 is 38.2. The molecule has 6 nitrogen and oxygen atoms in total. The molecule has 4 rings (SSSR count). The van der Waals surface area contributed by atoms with Gasteiger partial charge in [-0.05, 0) is 55.2 Å². The monoisotopic (exact) mass is 501 g/mol. The van der Waals surface area contributed by atoms with Gasteiger partial charge in [-0.25, -0.2) is 9.98 Å². The Bertz CT molecular complexity index is 1020. The number of anilines is 1. The molecule has 0 spiro atoms. The van der Waals surface area contributed by atoms with Crippen molar-refractivity contribution in [3.05, 3.63) is 53.7 Å². The van der Waals surface area contributed by atoms with Crippen LogP contribution in [0.1, 0.15) is 62.5 Å². The summed E-state index contributed by atoms with van der Waals surface area (Å²) in [5.74, 6) is 1.78. The lowest BCUT2D eigenvalue weighted by molar-refractivity contribution is -0.137. The third kappa shape index (κ3) is 6.98. The van der Waals surface area contributed by atoms with Crippen LogP contribution in [-0.2, 0) is 11.0 Å². The number of halogens is 3.